The molecule has 0 aromatic carbocycles. The smallest absolute Gasteiger partial charge is 0.0570 e. The second kappa shape index (κ2) is 7.31. The van der Waals surface area contributed by atoms with Gasteiger partial charge in [0.1, 0.15) is 0 Å². The van der Waals surface area contributed by atoms with E-state index >= 15 is 0 Å². The SMILES string of the molecule is Br.CCCC(S)Br. The average Bonchev–Trinajstić information content (AvgIpc) is 1.35. The largest absolute Gasteiger partial charge is 0.164 e. The van der Waals surface area contributed by atoms with Crippen LogP contribution in [0.1, 0.15) is 19.8 Å². The molecule has 1 unspecified atom stereocenters. The zero-order valence-corrected chi connectivity index (χ0v) is 8.42. The van der Waals surface area contributed by atoms with Crippen LogP contribution in [0.3, 0.4) is 0 Å². The summed E-state index contributed by atoms with van der Waals surface area (Å²) in [5.41, 5.74) is 0. The van der Waals surface area contributed by atoms with Gasteiger partial charge in [0.05, 0.1) is 4.16 Å². The first kappa shape index (κ1) is 11.2. The Bertz CT molecular complexity index is 30.9. The molecule has 1 atom stereocenters. The van der Waals surface area contributed by atoms with E-state index in [4.69, 9.17) is 0 Å². The van der Waals surface area contributed by atoms with Gasteiger partial charge in [0.25, 0.3) is 0 Å². The third kappa shape index (κ3) is 11.1. The fourth-order valence-electron chi connectivity index (χ4n) is 0.238. The van der Waals surface area contributed by atoms with Crippen LogP contribution in [0.15, 0.2) is 0 Å². The molecule has 0 nitrogen and oxygen atoms in total. The maximum atomic E-state index is 4.09. The summed E-state index contributed by atoms with van der Waals surface area (Å²) in [6.07, 6.45) is 2.36. The van der Waals surface area contributed by atoms with Crippen molar-refractivity contribution in [3.63, 3.8) is 0 Å². The topological polar surface area (TPSA) is 0 Å². The number of hydrogen-bond donors (Lipinski definition) is 1. The van der Waals surface area contributed by atoms with Crippen molar-refractivity contribution in [3.05, 3.63) is 0 Å². The minimum absolute atomic E-state index is 0. The van der Waals surface area contributed by atoms with Crippen LogP contribution in [-0.4, -0.2) is 4.16 Å². The van der Waals surface area contributed by atoms with E-state index in [0.717, 1.165) is 6.42 Å². The Balaban J connectivity index is 0. The number of halogens is 2. The van der Waals surface area contributed by atoms with Gasteiger partial charge >= 0.3 is 0 Å². The van der Waals surface area contributed by atoms with Crippen molar-refractivity contribution < 1.29 is 0 Å². The molecule has 0 saturated heterocycles. The van der Waals surface area contributed by atoms with Gasteiger partial charge in [-0.3, -0.25) is 0 Å². The van der Waals surface area contributed by atoms with E-state index in [-0.39, 0.29) is 17.0 Å². The molecule has 0 aliphatic heterocycles. The van der Waals surface area contributed by atoms with Gasteiger partial charge in [-0.25, -0.2) is 0 Å². The van der Waals surface area contributed by atoms with Crippen LogP contribution in [0.25, 0.3) is 0 Å². The fraction of sp³-hybridized carbons (Fsp3) is 1.00. The van der Waals surface area contributed by atoms with Crippen molar-refractivity contribution in [1.29, 1.82) is 0 Å². The maximum Gasteiger partial charge on any atom is 0.0570 e. The second-order valence-corrected chi connectivity index (χ2v) is 3.66. The molecule has 0 fully saturated rings. The quantitative estimate of drug-likeness (QED) is 0.565. The summed E-state index contributed by atoms with van der Waals surface area (Å²) < 4.78 is 0.405. The number of rotatable bonds is 2. The summed E-state index contributed by atoms with van der Waals surface area (Å²) >= 11 is 7.39. The molecule has 0 rings (SSSR count). The lowest BCUT2D eigenvalue weighted by Crippen LogP contribution is -1.80. The standard InChI is InChI=1S/C4H9BrS.BrH/c1-2-3-4(5)6;/h4,6H,2-3H2,1H3;1H. The predicted molar refractivity (Wildman–Crippen MR) is 46.9 cm³/mol. The fourth-order valence-corrected chi connectivity index (χ4v) is 0.954. The molecule has 0 bridgehead atoms. The van der Waals surface area contributed by atoms with Crippen molar-refractivity contribution in [1.82, 2.24) is 0 Å². The molecule has 0 aliphatic carbocycles. The lowest BCUT2D eigenvalue weighted by atomic mass is 10.4. The molecule has 0 amide bonds. The second-order valence-electron chi connectivity index (χ2n) is 1.22. The van der Waals surface area contributed by atoms with Gasteiger partial charge in [0.15, 0.2) is 0 Å². The highest BCUT2D eigenvalue weighted by molar-refractivity contribution is 9.11. The molecule has 7 heavy (non-hydrogen) atoms. The Morgan fingerprint density at radius 3 is 2.14 bits per heavy atom. The highest BCUT2D eigenvalue weighted by Crippen LogP contribution is 2.09. The van der Waals surface area contributed by atoms with Crippen molar-refractivity contribution >= 4 is 45.5 Å². The molecule has 0 saturated carbocycles. The monoisotopic (exact) mass is 248 g/mol. The molecule has 3 heteroatoms. The van der Waals surface area contributed by atoms with Gasteiger partial charge in [0.2, 0.25) is 0 Å². The molecular weight excluding hydrogens is 240 g/mol. The lowest BCUT2D eigenvalue weighted by molar-refractivity contribution is 0.879. The highest BCUT2D eigenvalue weighted by atomic mass is 79.9. The predicted octanol–water partition coefficient (Wildman–Crippen LogP) is 3.02. The third-order valence-corrected chi connectivity index (χ3v) is 1.24. The first-order chi connectivity index (χ1) is 2.77. The first-order valence-corrected chi connectivity index (χ1v) is 3.52. The van der Waals surface area contributed by atoms with E-state index < -0.39 is 0 Å². The van der Waals surface area contributed by atoms with Crippen LogP contribution in [-0.2, 0) is 0 Å². The van der Waals surface area contributed by atoms with E-state index in [2.05, 4.69) is 35.5 Å². The van der Waals surface area contributed by atoms with Gasteiger partial charge in [-0.2, -0.15) is 12.6 Å². The van der Waals surface area contributed by atoms with E-state index in [9.17, 15) is 0 Å². The molecule has 46 valence electrons. The Kier molecular flexibility index (Phi) is 11.6. The van der Waals surface area contributed by atoms with Crippen LogP contribution < -0.4 is 0 Å². The Labute approximate surface area is 69.4 Å². The molecule has 0 radical (unpaired) electrons. The van der Waals surface area contributed by atoms with Gasteiger partial charge in [-0.05, 0) is 6.42 Å². The number of hydrogen-bond acceptors (Lipinski definition) is 1. The summed E-state index contributed by atoms with van der Waals surface area (Å²) in [6.45, 7) is 2.14. The Morgan fingerprint density at radius 1 is 1.71 bits per heavy atom. The molecule has 0 N–H and O–H groups in total. The van der Waals surface area contributed by atoms with Crippen LogP contribution in [0, 0.1) is 0 Å². The number of thiol groups is 1. The van der Waals surface area contributed by atoms with Gasteiger partial charge in [-0.1, -0.05) is 29.3 Å². The van der Waals surface area contributed by atoms with Crippen molar-refractivity contribution in [3.8, 4) is 0 Å². The van der Waals surface area contributed by atoms with Crippen molar-refractivity contribution in [2.24, 2.45) is 0 Å². The number of alkyl halides is 1. The average molecular weight is 250 g/mol. The van der Waals surface area contributed by atoms with Crippen molar-refractivity contribution in [2.75, 3.05) is 0 Å². The minimum atomic E-state index is 0. The minimum Gasteiger partial charge on any atom is -0.164 e. The van der Waals surface area contributed by atoms with Gasteiger partial charge in [-0.15, -0.1) is 17.0 Å². The molecule has 0 spiro atoms. The Hall–Kier alpha value is 1.31. The van der Waals surface area contributed by atoms with E-state index in [1.807, 2.05) is 0 Å². The first-order valence-electron chi connectivity index (χ1n) is 2.09. The Morgan fingerprint density at radius 2 is 2.14 bits per heavy atom. The van der Waals surface area contributed by atoms with Crippen LogP contribution >= 0.6 is 45.5 Å². The summed E-state index contributed by atoms with van der Waals surface area (Å²) in [4.78, 5) is 0. The van der Waals surface area contributed by atoms with Crippen LogP contribution in [0.4, 0.5) is 0 Å². The maximum absolute atomic E-state index is 4.09. The van der Waals surface area contributed by atoms with Crippen LogP contribution in [0.2, 0.25) is 0 Å². The van der Waals surface area contributed by atoms with Crippen LogP contribution in [0.5, 0.6) is 0 Å². The normalized spacial score (nSPS) is 12.4. The van der Waals surface area contributed by atoms with Gasteiger partial charge in [0, 0.05) is 0 Å². The van der Waals surface area contributed by atoms with E-state index in [0.29, 0.717) is 4.16 Å². The molecular formula is C4H10Br2S. The summed E-state index contributed by atoms with van der Waals surface area (Å²) in [7, 11) is 0. The van der Waals surface area contributed by atoms with Crippen molar-refractivity contribution in [2.45, 2.75) is 23.9 Å². The summed E-state index contributed by atoms with van der Waals surface area (Å²) in [6, 6.07) is 0. The zero-order chi connectivity index (χ0) is 4.99. The van der Waals surface area contributed by atoms with E-state index in [1.54, 1.807) is 0 Å². The zero-order valence-electron chi connectivity index (χ0n) is 4.22. The molecule has 0 heterocycles. The summed E-state index contributed by atoms with van der Waals surface area (Å²) in [5, 5.41) is 0. The lowest BCUT2D eigenvalue weighted by Gasteiger charge is -1.92. The third-order valence-electron chi connectivity index (χ3n) is 0.527. The summed E-state index contributed by atoms with van der Waals surface area (Å²) in [5.74, 6) is 0. The van der Waals surface area contributed by atoms with E-state index in [1.165, 1.54) is 6.42 Å². The molecule has 0 aromatic rings. The van der Waals surface area contributed by atoms with Gasteiger partial charge < -0.3 is 0 Å². The molecule has 0 aliphatic rings. The molecule has 0 aromatic heterocycles. The highest BCUT2D eigenvalue weighted by Gasteiger charge is 1.88.